The largest absolute Gasteiger partial charge is 0.300 e. The fourth-order valence-electron chi connectivity index (χ4n) is 4.23. The molecule has 22 heavy (non-hydrogen) atoms. The fraction of sp³-hybridized carbons (Fsp3) is 0.667. The van der Waals surface area contributed by atoms with Crippen LogP contribution in [0.3, 0.4) is 0 Å². The molecule has 0 unspecified atom stereocenters. The summed E-state index contributed by atoms with van der Waals surface area (Å²) in [5.74, 6) is 2.70. The monoisotopic (exact) mass is 298 g/mol. The van der Waals surface area contributed by atoms with E-state index in [0.717, 1.165) is 24.7 Å². The number of rotatable bonds is 6. The first kappa shape index (κ1) is 15.8. The molecule has 120 valence electrons. The van der Waals surface area contributed by atoms with Crippen LogP contribution in [0.25, 0.3) is 0 Å². The van der Waals surface area contributed by atoms with Crippen LogP contribution in [0.4, 0.5) is 0 Å². The predicted molar refractivity (Wildman–Crippen MR) is 92.3 cm³/mol. The van der Waals surface area contributed by atoms with Crippen molar-refractivity contribution in [2.45, 2.75) is 83.0 Å². The molecule has 0 bridgehead atoms. The quantitative estimate of drug-likeness (QED) is 0.590. The fourth-order valence-corrected chi connectivity index (χ4v) is 4.23. The van der Waals surface area contributed by atoms with Crippen molar-refractivity contribution in [3.8, 4) is 0 Å². The van der Waals surface area contributed by atoms with Crippen molar-refractivity contribution in [2.24, 2.45) is 5.92 Å². The third kappa shape index (κ3) is 3.80. The van der Waals surface area contributed by atoms with Crippen LogP contribution < -0.4 is 0 Å². The van der Waals surface area contributed by atoms with E-state index in [-0.39, 0.29) is 0 Å². The maximum atomic E-state index is 11.1. The average molecular weight is 298 g/mol. The SMILES string of the molecule is CCCCC[C@H]1CC[C@H](c2ccc(C3CC(=O)C3)cc2)CC1. The molecule has 0 N–H and O–H groups in total. The molecule has 0 saturated heterocycles. The van der Waals surface area contributed by atoms with E-state index in [0.29, 0.717) is 11.7 Å². The minimum atomic E-state index is 0.426. The summed E-state index contributed by atoms with van der Waals surface area (Å²) in [4.78, 5) is 11.1. The normalized spacial score (nSPS) is 26.0. The predicted octanol–water partition coefficient (Wildman–Crippen LogP) is 5.99. The summed E-state index contributed by atoms with van der Waals surface area (Å²) in [5, 5.41) is 0. The van der Waals surface area contributed by atoms with Crippen molar-refractivity contribution >= 4 is 5.78 Å². The number of Topliss-reactive ketones (excluding diaryl/α,β-unsaturated/α-hetero) is 1. The highest BCUT2D eigenvalue weighted by Crippen LogP contribution is 2.39. The molecule has 0 atom stereocenters. The van der Waals surface area contributed by atoms with Crippen LogP contribution in [0, 0.1) is 5.92 Å². The minimum absolute atomic E-state index is 0.426. The number of hydrogen-bond donors (Lipinski definition) is 0. The van der Waals surface area contributed by atoms with Gasteiger partial charge in [0.25, 0.3) is 0 Å². The Bertz CT molecular complexity index is 471. The molecule has 1 aromatic carbocycles. The number of benzene rings is 1. The lowest BCUT2D eigenvalue weighted by Gasteiger charge is -2.29. The summed E-state index contributed by atoms with van der Waals surface area (Å²) in [6.07, 6.45) is 12.8. The molecule has 0 aromatic heterocycles. The Labute approximate surface area is 135 Å². The Morgan fingerprint density at radius 3 is 2.00 bits per heavy atom. The highest BCUT2D eigenvalue weighted by molar-refractivity contribution is 5.86. The second kappa shape index (κ2) is 7.44. The number of hydrogen-bond acceptors (Lipinski definition) is 1. The molecule has 2 aliphatic rings. The van der Waals surface area contributed by atoms with E-state index >= 15 is 0 Å². The standard InChI is InChI=1S/C21H30O/c1-2-3-4-5-16-6-8-17(9-7-16)18-10-12-19(13-11-18)20-14-21(22)15-20/h10-13,16-17,20H,2-9,14-15H2,1H3/t16-,17-. The summed E-state index contributed by atoms with van der Waals surface area (Å²) in [5.41, 5.74) is 2.90. The second-order valence-corrected chi connectivity index (χ2v) is 7.52. The van der Waals surface area contributed by atoms with E-state index < -0.39 is 0 Å². The van der Waals surface area contributed by atoms with Gasteiger partial charge < -0.3 is 0 Å². The van der Waals surface area contributed by atoms with Gasteiger partial charge >= 0.3 is 0 Å². The first-order valence-electron chi connectivity index (χ1n) is 9.37. The molecule has 3 rings (SSSR count). The molecule has 2 saturated carbocycles. The summed E-state index contributed by atoms with van der Waals surface area (Å²) in [6.45, 7) is 2.29. The summed E-state index contributed by atoms with van der Waals surface area (Å²) in [6, 6.07) is 9.22. The highest BCUT2D eigenvalue weighted by atomic mass is 16.1. The summed E-state index contributed by atoms with van der Waals surface area (Å²) in [7, 11) is 0. The maximum absolute atomic E-state index is 11.1. The molecule has 1 aromatic rings. The van der Waals surface area contributed by atoms with Gasteiger partial charge in [0, 0.05) is 12.8 Å². The van der Waals surface area contributed by atoms with Crippen molar-refractivity contribution in [3.63, 3.8) is 0 Å². The van der Waals surface area contributed by atoms with E-state index in [4.69, 9.17) is 0 Å². The second-order valence-electron chi connectivity index (χ2n) is 7.52. The molecule has 1 nitrogen and oxygen atoms in total. The average Bonchev–Trinajstić information content (AvgIpc) is 2.53. The van der Waals surface area contributed by atoms with Gasteiger partial charge in [-0.15, -0.1) is 0 Å². The van der Waals surface area contributed by atoms with Crippen molar-refractivity contribution in [1.29, 1.82) is 0 Å². The van der Waals surface area contributed by atoms with Gasteiger partial charge in [0.2, 0.25) is 0 Å². The Hall–Kier alpha value is -1.11. The zero-order valence-corrected chi connectivity index (χ0v) is 14.0. The van der Waals surface area contributed by atoms with Crippen molar-refractivity contribution in [2.75, 3.05) is 0 Å². The Morgan fingerprint density at radius 1 is 0.864 bits per heavy atom. The summed E-state index contributed by atoms with van der Waals surface area (Å²) < 4.78 is 0. The topological polar surface area (TPSA) is 17.1 Å². The third-order valence-electron chi connectivity index (χ3n) is 5.89. The zero-order chi connectivity index (χ0) is 15.4. The van der Waals surface area contributed by atoms with E-state index in [2.05, 4.69) is 31.2 Å². The van der Waals surface area contributed by atoms with Crippen LogP contribution >= 0.6 is 0 Å². The van der Waals surface area contributed by atoms with Crippen LogP contribution in [0.1, 0.15) is 94.1 Å². The lowest BCUT2D eigenvalue weighted by atomic mass is 9.75. The number of carbonyl (C=O) groups excluding carboxylic acids is 1. The molecule has 2 fully saturated rings. The number of ketones is 1. The van der Waals surface area contributed by atoms with Crippen LogP contribution in [0.2, 0.25) is 0 Å². The van der Waals surface area contributed by atoms with Gasteiger partial charge in [-0.1, -0.05) is 56.9 Å². The Balaban J connectivity index is 1.47. The van der Waals surface area contributed by atoms with Gasteiger partial charge in [-0.05, 0) is 54.6 Å². The summed E-state index contributed by atoms with van der Waals surface area (Å²) >= 11 is 0. The first-order chi connectivity index (χ1) is 10.8. The van der Waals surface area contributed by atoms with E-state index in [1.165, 1.54) is 62.5 Å². The zero-order valence-electron chi connectivity index (χ0n) is 14.0. The van der Waals surface area contributed by atoms with E-state index in [9.17, 15) is 4.79 Å². The van der Waals surface area contributed by atoms with Gasteiger partial charge in [0.05, 0.1) is 0 Å². The third-order valence-corrected chi connectivity index (χ3v) is 5.89. The van der Waals surface area contributed by atoms with Gasteiger partial charge in [0.1, 0.15) is 5.78 Å². The van der Waals surface area contributed by atoms with E-state index in [1.807, 2.05) is 0 Å². The molecule has 0 amide bonds. The molecule has 2 aliphatic carbocycles. The molecular weight excluding hydrogens is 268 g/mol. The van der Waals surface area contributed by atoms with Gasteiger partial charge in [-0.2, -0.15) is 0 Å². The Kier molecular flexibility index (Phi) is 5.33. The van der Waals surface area contributed by atoms with Crippen LogP contribution in [0.15, 0.2) is 24.3 Å². The van der Waals surface area contributed by atoms with Crippen LogP contribution in [-0.2, 0) is 4.79 Å². The molecule has 0 spiro atoms. The van der Waals surface area contributed by atoms with Crippen LogP contribution in [0.5, 0.6) is 0 Å². The van der Waals surface area contributed by atoms with Crippen molar-refractivity contribution < 1.29 is 4.79 Å². The molecular formula is C21H30O. The van der Waals surface area contributed by atoms with Crippen molar-refractivity contribution in [1.82, 2.24) is 0 Å². The minimum Gasteiger partial charge on any atom is -0.300 e. The van der Waals surface area contributed by atoms with Gasteiger partial charge in [0.15, 0.2) is 0 Å². The van der Waals surface area contributed by atoms with Crippen molar-refractivity contribution in [3.05, 3.63) is 35.4 Å². The highest BCUT2D eigenvalue weighted by Gasteiger charge is 2.28. The molecule has 0 radical (unpaired) electrons. The number of carbonyl (C=O) groups is 1. The lowest BCUT2D eigenvalue weighted by molar-refractivity contribution is -0.124. The molecule has 0 heterocycles. The maximum Gasteiger partial charge on any atom is 0.134 e. The van der Waals surface area contributed by atoms with Gasteiger partial charge in [-0.3, -0.25) is 4.79 Å². The first-order valence-corrected chi connectivity index (χ1v) is 9.37. The molecule has 0 aliphatic heterocycles. The molecule has 1 heteroatoms. The number of unbranched alkanes of at least 4 members (excludes halogenated alkanes) is 2. The van der Waals surface area contributed by atoms with E-state index in [1.54, 1.807) is 0 Å². The Morgan fingerprint density at radius 2 is 1.45 bits per heavy atom. The smallest absolute Gasteiger partial charge is 0.134 e. The van der Waals surface area contributed by atoms with Gasteiger partial charge in [-0.25, -0.2) is 0 Å². The van der Waals surface area contributed by atoms with Crippen LogP contribution in [-0.4, -0.2) is 5.78 Å². The lowest BCUT2D eigenvalue weighted by Crippen LogP contribution is -2.21.